The molecule has 0 aromatic heterocycles. The molecule has 0 spiro atoms. The number of halogens is 2. The Labute approximate surface area is 110 Å². The Balaban J connectivity index is 2.02. The summed E-state index contributed by atoms with van der Waals surface area (Å²) in [6.07, 6.45) is 5.04. The van der Waals surface area contributed by atoms with Gasteiger partial charge in [-0.2, -0.15) is 0 Å². The van der Waals surface area contributed by atoms with E-state index in [1.165, 1.54) is 31.7 Å². The minimum absolute atomic E-state index is 0.317. The molecule has 3 N–H and O–H groups in total. The SMILES string of the molecule is CCCC1(CNc2cc(Br)c(F)cc2N)CC1. The van der Waals surface area contributed by atoms with Crippen LogP contribution in [0.25, 0.3) is 0 Å². The van der Waals surface area contributed by atoms with Gasteiger partial charge in [-0.1, -0.05) is 13.3 Å². The maximum atomic E-state index is 13.2. The highest BCUT2D eigenvalue weighted by Crippen LogP contribution is 2.49. The molecule has 2 rings (SSSR count). The first kappa shape index (κ1) is 12.7. The number of rotatable bonds is 5. The molecule has 1 aliphatic carbocycles. The number of nitrogens with one attached hydrogen (secondary N) is 1. The summed E-state index contributed by atoms with van der Waals surface area (Å²) in [5.74, 6) is -0.317. The number of hydrogen-bond acceptors (Lipinski definition) is 2. The van der Waals surface area contributed by atoms with Crippen molar-refractivity contribution in [3.63, 3.8) is 0 Å². The average Bonchev–Trinajstić information content (AvgIpc) is 3.03. The molecule has 0 heterocycles. The molecule has 0 unspecified atom stereocenters. The summed E-state index contributed by atoms with van der Waals surface area (Å²) in [6.45, 7) is 3.14. The van der Waals surface area contributed by atoms with Crippen LogP contribution in [0, 0.1) is 11.2 Å². The highest BCUT2D eigenvalue weighted by molar-refractivity contribution is 9.10. The van der Waals surface area contributed by atoms with E-state index in [2.05, 4.69) is 28.2 Å². The van der Waals surface area contributed by atoms with E-state index in [0.717, 1.165) is 12.2 Å². The van der Waals surface area contributed by atoms with Crippen LogP contribution in [0.5, 0.6) is 0 Å². The predicted molar refractivity (Wildman–Crippen MR) is 73.6 cm³/mol. The molecule has 0 saturated heterocycles. The fourth-order valence-corrected chi connectivity index (χ4v) is 2.56. The minimum Gasteiger partial charge on any atom is -0.397 e. The predicted octanol–water partition coefficient (Wildman–Crippen LogP) is 4.16. The lowest BCUT2D eigenvalue weighted by atomic mass is 10.0. The molecule has 1 aliphatic rings. The molecular formula is C13H18BrFN2. The Morgan fingerprint density at radius 2 is 2.18 bits per heavy atom. The average molecular weight is 301 g/mol. The van der Waals surface area contributed by atoms with E-state index in [1.807, 2.05) is 0 Å². The van der Waals surface area contributed by atoms with Gasteiger partial charge < -0.3 is 11.1 Å². The highest BCUT2D eigenvalue weighted by Gasteiger charge is 2.41. The lowest BCUT2D eigenvalue weighted by Gasteiger charge is -2.17. The summed E-state index contributed by atoms with van der Waals surface area (Å²) in [4.78, 5) is 0. The molecular weight excluding hydrogens is 283 g/mol. The van der Waals surface area contributed by atoms with Crippen molar-refractivity contribution in [2.45, 2.75) is 32.6 Å². The molecule has 1 saturated carbocycles. The molecule has 17 heavy (non-hydrogen) atoms. The van der Waals surface area contributed by atoms with Crippen LogP contribution < -0.4 is 11.1 Å². The van der Waals surface area contributed by atoms with Gasteiger partial charge in [0.1, 0.15) is 5.82 Å². The summed E-state index contributed by atoms with van der Waals surface area (Å²) >= 11 is 3.18. The van der Waals surface area contributed by atoms with Gasteiger partial charge >= 0.3 is 0 Å². The van der Waals surface area contributed by atoms with Gasteiger partial charge in [0.25, 0.3) is 0 Å². The zero-order chi connectivity index (χ0) is 12.5. The van der Waals surface area contributed by atoms with Crippen LogP contribution in [-0.2, 0) is 0 Å². The van der Waals surface area contributed by atoms with Crippen LogP contribution in [0.3, 0.4) is 0 Å². The van der Waals surface area contributed by atoms with Gasteiger partial charge in [0.2, 0.25) is 0 Å². The van der Waals surface area contributed by atoms with Gasteiger partial charge in [-0.15, -0.1) is 0 Å². The molecule has 0 radical (unpaired) electrons. The molecule has 2 nitrogen and oxygen atoms in total. The summed E-state index contributed by atoms with van der Waals surface area (Å²) in [6, 6.07) is 3.07. The Morgan fingerprint density at radius 3 is 2.76 bits per heavy atom. The van der Waals surface area contributed by atoms with Crippen molar-refractivity contribution in [3.8, 4) is 0 Å². The topological polar surface area (TPSA) is 38.0 Å². The van der Waals surface area contributed by atoms with E-state index in [0.29, 0.717) is 15.6 Å². The maximum absolute atomic E-state index is 13.2. The normalized spacial score (nSPS) is 16.9. The second kappa shape index (κ2) is 4.84. The summed E-state index contributed by atoms with van der Waals surface area (Å²) in [7, 11) is 0. The number of hydrogen-bond donors (Lipinski definition) is 2. The molecule has 4 heteroatoms. The Morgan fingerprint density at radius 1 is 1.47 bits per heavy atom. The first-order chi connectivity index (χ1) is 8.06. The van der Waals surface area contributed by atoms with Crippen molar-refractivity contribution in [3.05, 3.63) is 22.4 Å². The van der Waals surface area contributed by atoms with Gasteiger partial charge in [-0.3, -0.25) is 0 Å². The van der Waals surface area contributed by atoms with Crippen LogP contribution in [-0.4, -0.2) is 6.54 Å². The quantitative estimate of drug-likeness (QED) is 0.801. The number of nitrogens with two attached hydrogens (primary N) is 1. The molecule has 0 amide bonds. The zero-order valence-electron chi connectivity index (χ0n) is 10.0. The van der Waals surface area contributed by atoms with Crippen LogP contribution in [0.4, 0.5) is 15.8 Å². The van der Waals surface area contributed by atoms with E-state index in [1.54, 1.807) is 6.07 Å². The zero-order valence-corrected chi connectivity index (χ0v) is 11.6. The van der Waals surface area contributed by atoms with Crippen LogP contribution in [0.2, 0.25) is 0 Å². The number of benzene rings is 1. The molecule has 0 aliphatic heterocycles. The first-order valence-electron chi connectivity index (χ1n) is 6.05. The van der Waals surface area contributed by atoms with Crippen molar-refractivity contribution < 1.29 is 4.39 Å². The fraction of sp³-hybridized carbons (Fsp3) is 0.538. The second-order valence-corrected chi connectivity index (χ2v) is 5.81. The monoisotopic (exact) mass is 300 g/mol. The van der Waals surface area contributed by atoms with E-state index in [4.69, 9.17) is 5.73 Å². The third-order valence-corrected chi connectivity index (χ3v) is 4.09. The van der Waals surface area contributed by atoms with Crippen molar-refractivity contribution >= 4 is 27.3 Å². The highest BCUT2D eigenvalue weighted by atomic mass is 79.9. The number of anilines is 2. The molecule has 0 atom stereocenters. The maximum Gasteiger partial charge on any atom is 0.139 e. The van der Waals surface area contributed by atoms with Crippen molar-refractivity contribution in [2.24, 2.45) is 5.41 Å². The van der Waals surface area contributed by atoms with Crippen molar-refractivity contribution in [1.82, 2.24) is 0 Å². The van der Waals surface area contributed by atoms with Gasteiger partial charge in [0, 0.05) is 12.6 Å². The van der Waals surface area contributed by atoms with E-state index in [-0.39, 0.29) is 5.82 Å². The van der Waals surface area contributed by atoms with Crippen molar-refractivity contribution in [2.75, 3.05) is 17.6 Å². The summed E-state index contributed by atoms with van der Waals surface area (Å²) < 4.78 is 13.7. The second-order valence-electron chi connectivity index (χ2n) is 4.96. The van der Waals surface area contributed by atoms with E-state index < -0.39 is 0 Å². The Bertz CT molecular complexity index is 416. The fourth-order valence-electron chi connectivity index (χ4n) is 2.22. The first-order valence-corrected chi connectivity index (χ1v) is 6.84. The molecule has 94 valence electrons. The third kappa shape index (κ3) is 2.92. The van der Waals surface area contributed by atoms with Crippen LogP contribution in [0.1, 0.15) is 32.6 Å². The Kier molecular flexibility index (Phi) is 3.61. The lowest BCUT2D eigenvalue weighted by molar-refractivity contribution is 0.486. The van der Waals surface area contributed by atoms with Gasteiger partial charge in [0.15, 0.2) is 0 Å². The molecule has 1 aromatic rings. The van der Waals surface area contributed by atoms with E-state index in [9.17, 15) is 4.39 Å². The van der Waals surface area contributed by atoms with Gasteiger partial charge in [-0.25, -0.2) is 4.39 Å². The standard InChI is InChI=1S/C13H18BrFN2/c1-2-3-13(4-5-13)8-17-12-6-9(14)10(15)7-11(12)16/h6-7,17H,2-5,8,16H2,1H3. The lowest BCUT2D eigenvalue weighted by Crippen LogP contribution is -2.16. The largest absolute Gasteiger partial charge is 0.397 e. The van der Waals surface area contributed by atoms with Gasteiger partial charge in [0.05, 0.1) is 15.8 Å². The summed E-state index contributed by atoms with van der Waals surface area (Å²) in [5, 5.41) is 3.35. The van der Waals surface area contributed by atoms with Gasteiger partial charge in [-0.05, 0) is 46.7 Å². The molecule has 1 aromatic carbocycles. The van der Waals surface area contributed by atoms with Crippen LogP contribution in [0.15, 0.2) is 16.6 Å². The van der Waals surface area contributed by atoms with Crippen molar-refractivity contribution in [1.29, 1.82) is 0 Å². The van der Waals surface area contributed by atoms with Crippen LogP contribution >= 0.6 is 15.9 Å². The Hall–Kier alpha value is -0.770. The van der Waals surface area contributed by atoms with E-state index >= 15 is 0 Å². The molecule has 0 bridgehead atoms. The minimum atomic E-state index is -0.317. The third-order valence-electron chi connectivity index (χ3n) is 3.48. The number of nitrogen functional groups attached to an aromatic ring is 1. The molecule has 1 fully saturated rings. The summed E-state index contributed by atoms with van der Waals surface area (Å²) in [5.41, 5.74) is 7.54. The smallest absolute Gasteiger partial charge is 0.139 e.